The maximum Gasteiger partial charge on any atom is 0.326 e. The number of hydrogen-bond donors (Lipinski definition) is 22. The molecule has 31 heteroatoms. The van der Waals surface area contributed by atoms with Crippen LogP contribution >= 0.6 is 0 Å². The summed E-state index contributed by atoms with van der Waals surface area (Å²) in [6, 6.07) is 17.2. The Hall–Kier alpha value is -11.3. The number of guanidine groups is 2. The summed E-state index contributed by atoms with van der Waals surface area (Å²) < 4.78 is 0. The van der Waals surface area contributed by atoms with Gasteiger partial charge in [-0.05, 0) is 123 Å². The van der Waals surface area contributed by atoms with Gasteiger partial charge in [-0.3, -0.25) is 49.2 Å². The lowest BCUT2D eigenvalue weighted by atomic mass is 9.98. The van der Waals surface area contributed by atoms with Crippen molar-refractivity contribution in [1.82, 2.24) is 73.1 Å². The Labute approximate surface area is 601 Å². The molecule has 8 amide bonds. The van der Waals surface area contributed by atoms with E-state index in [9.17, 15) is 29.1 Å². The Kier molecular flexibility index (Phi) is 29.1. The molecule has 4 heterocycles. The van der Waals surface area contributed by atoms with Gasteiger partial charge in [-0.15, -0.1) is 0 Å². The molecule has 0 unspecified atom stereocenters. The van der Waals surface area contributed by atoms with Crippen LogP contribution < -0.4 is 81.8 Å². The van der Waals surface area contributed by atoms with E-state index in [0.29, 0.717) is 54.5 Å². The van der Waals surface area contributed by atoms with E-state index in [4.69, 9.17) is 39.5 Å². The smallest absolute Gasteiger partial charge is 0.326 e. The summed E-state index contributed by atoms with van der Waals surface area (Å²) in [5.41, 5.74) is 34.2. The van der Waals surface area contributed by atoms with E-state index in [-0.39, 0.29) is 95.8 Å². The number of hydrogen-bond acceptors (Lipinski definition) is 14. The molecule has 8 rings (SSSR count). The molecule has 31 nitrogen and oxygen atoms in total. The Balaban J connectivity index is 1.11. The van der Waals surface area contributed by atoms with Gasteiger partial charge in [-0.1, -0.05) is 93.1 Å². The van der Waals surface area contributed by atoms with Gasteiger partial charge in [0.25, 0.3) is 0 Å². The van der Waals surface area contributed by atoms with Gasteiger partial charge in [0.05, 0.1) is 6.04 Å². The summed E-state index contributed by atoms with van der Waals surface area (Å²) in [6.07, 6.45) is 9.00. The first kappa shape index (κ1) is 78.4. The third-order valence-corrected chi connectivity index (χ3v) is 18.3. The summed E-state index contributed by atoms with van der Waals surface area (Å²) >= 11 is 0. The first-order chi connectivity index (χ1) is 50.0. The third-order valence-electron chi connectivity index (χ3n) is 18.3. The van der Waals surface area contributed by atoms with Crippen LogP contribution in [-0.2, 0) is 68.8 Å². The van der Waals surface area contributed by atoms with Gasteiger partial charge in [0.1, 0.15) is 48.3 Å². The zero-order chi connectivity index (χ0) is 74.8. The topological polar surface area (TPSA) is 535 Å². The highest BCUT2D eigenvalue weighted by atomic mass is 16.4. The molecule has 0 aliphatic carbocycles. The van der Waals surface area contributed by atoms with Crippen molar-refractivity contribution in [2.24, 2.45) is 34.6 Å². The fourth-order valence-electron chi connectivity index (χ4n) is 12.6. The molecule has 4 aromatic carbocycles. The molecule has 9 atom stereocenters. The normalized spacial score (nSPS) is 14.0. The first-order valence-corrected chi connectivity index (χ1v) is 35.2. The van der Waals surface area contributed by atoms with Crippen molar-refractivity contribution in [3.8, 4) is 0 Å². The Morgan fingerprint density at radius 1 is 0.385 bits per heavy atom. The molecule has 556 valence electrons. The Bertz CT molecular complexity index is 4270. The molecule has 4 aromatic heterocycles. The summed E-state index contributed by atoms with van der Waals surface area (Å²) in [5.74, 6) is -8.88. The molecule has 8 aromatic rings. The number of aromatic amines is 4. The van der Waals surface area contributed by atoms with Crippen LogP contribution in [-0.4, -0.2) is 171 Å². The second-order valence-corrected chi connectivity index (χ2v) is 26.4. The average molecular weight is 1430 g/mol. The molecule has 0 radical (unpaired) electrons. The van der Waals surface area contributed by atoms with Crippen molar-refractivity contribution in [1.29, 1.82) is 10.8 Å². The zero-order valence-electron chi connectivity index (χ0n) is 58.6. The van der Waals surface area contributed by atoms with E-state index in [2.05, 4.69) is 73.1 Å². The first-order valence-electron chi connectivity index (χ1n) is 35.2. The third kappa shape index (κ3) is 22.3. The van der Waals surface area contributed by atoms with Crippen LogP contribution in [0.15, 0.2) is 122 Å². The maximum absolute atomic E-state index is 15.7. The fraction of sp³-hybridized carbons (Fsp3) is 0.411. The van der Waals surface area contributed by atoms with E-state index in [1.165, 1.54) is 0 Å². The monoisotopic (exact) mass is 1430 g/mol. The summed E-state index contributed by atoms with van der Waals surface area (Å²) in [5, 5.41) is 56.1. The molecular weight excluding hydrogens is 1330 g/mol. The Morgan fingerprint density at radius 2 is 0.673 bits per heavy atom. The lowest BCUT2D eigenvalue weighted by Gasteiger charge is -2.29. The lowest BCUT2D eigenvalue weighted by Crippen LogP contribution is -2.62. The summed E-state index contributed by atoms with van der Waals surface area (Å²) in [7, 11) is 0. The number of amides is 8. The van der Waals surface area contributed by atoms with Crippen molar-refractivity contribution in [2.45, 2.75) is 158 Å². The predicted octanol–water partition coefficient (Wildman–Crippen LogP) is 1.61. The van der Waals surface area contributed by atoms with E-state index < -0.39 is 114 Å². The van der Waals surface area contributed by atoms with Crippen molar-refractivity contribution in [2.75, 3.05) is 26.2 Å². The van der Waals surface area contributed by atoms with Crippen LogP contribution in [0.2, 0.25) is 0 Å². The van der Waals surface area contributed by atoms with Crippen LogP contribution in [0.5, 0.6) is 0 Å². The summed E-state index contributed by atoms with van der Waals surface area (Å²) in [6.45, 7) is 4.35. The van der Waals surface area contributed by atoms with E-state index in [1.807, 2.05) is 97.1 Å². The number of para-hydroxylation sites is 4. The highest BCUT2D eigenvalue weighted by molar-refractivity contribution is 6.00. The number of aliphatic carboxylic acids is 1. The molecule has 0 saturated heterocycles. The van der Waals surface area contributed by atoms with Gasteiger partial charge in [0, 0.05) is 107 Å². The molecule has 27 N–H and O–H groups in total. The number of carbonyl (C=O) groups excluding carboxylic acids is 8. The maximum atomic E-state index is 15.7. The minimum absolute atomic E-state index is 0.0279. The van der Waals surface area contributed by atoms with Gasteiger partial charge >= 0.3 is 5.97 Å². The Morgan fingerprint density at radius 3 is 1.02 bits per heavy atom. The van der Waals surface area contributed by atoms with Crippen molar-refractivity contribution in [3.05, 3.63) is 144 Å². The van der Waals surface area contributed by atoms with E-state index in [1.54, 1.807) is 38.6 Å². The zero-order valence-corrected chi connectivity index (χ0v) is 58.6. The molecule has 0 spiro atoms. The van der Waals surface area contributed by atoms with E-state index >= 15 is 19.2 Å². The van der Waals surface area contributed by atoms with Gasteiger partial charge < -0.3 is 107 Å². The second kappa shape index (κ2) is 38.6. The molecule has 0 saturated carbocycles. The number of H-pyrrole nitrogens is 4. The van der Waals surface area contributed by atoms with Crippen LogP contribution in [0.4, 0.5) is 0 Å². The van der Waals surface area contributed by atoms with Gasteiger partial charge in [-0.2, -0.15) is 0 Å². The standard InChI is InChI=1S/C73H99N21O10/c1-41(2)62(70(102)93-60(35-44-39-85-53-24-9-5-19-48(44)53)66(98)88-55(26-12-14-30-75)64(96)89-57(71(103)104)28-16-32-82-73(79)80)94-69(101)61(36-45-40-86-54-25-10-6-20-49(45)54)92-68(100)59(34-43-38-84-52-23-8-4-18-47(43)52)91-67(99)58(33-42-37-83-51-22-7-3-17-46(42)51)90-65(97)56(27-15-31-81-72(77)78)87-63(95)50(76)21-11-13-29-74/h3-10,17-20,22-25,37-41,50,55-62,83-86H,11-16,21,26-36,74-76H2,1-2H3,(H,87,95)(H,88,98)(H,89,96)(H,90,97)(H,91,99)(H,92,100)(H,93,102)(H,94,101)(H,103,104)(H4,77,78,81)(H4,79,80,82)/t50-,55-,56-,57-,58-,59-,60-,61-,62-/m0/s1. The molecule has 0 bridgehead atoms. The van der Waals surface area contributed by atoms with Gasteiger partial charge in [0.2, 0.25) is 47.3 Å². The molecule has 0 aliphatic rings. The van der Waals surface area contributed by atoms with Gasteiger partial charge in [-0.25, -0.2) is 4.79 Å². The molecule has 0 fully saturated rings. The lowest BCUT2D eigenvalue weighted by molar-refractivity contribution is -0.142. The minimum Gasteiger partial charge on any atom is -0.480 e. The van der Waals surface area contributed by atoms with Crippen molar-refractivity contribution < 1.29 is 48.3 Å². The van der Waals surface area contributed by atoms with Gasteiger partial charge in [0.15, 0.2) is 11.9 Å². The number of carboxylic acids is 1. The average Bonchev–Trinajstić information content (AvgIpc) is 1.07. The fourth-order valence-corrected chi connectivity index (χ4v) is 12.6. The van der Waals surface area contributed by atoms with Crippen molar-refractivity contribution in [3.63, 3.8) is 0 Å². The van der Waals surface area contributed by atoms with Crippen LogP contribution in [0.1, 0.15) is 100 Å². The summed E-state index contributed by atoms with van der Waals surface area (Å²) in [4.78, 5) is 145. The van der Waals surface area contributed by atoms with Crippen LogP contribution in [0.25, 0.3) is 43.6 Å². The van der Waals surface area contributed by atoms with Crippen molar-refractivity contribution >= 4 is 109 Å². The second-order valence-electron chi connectivity index (χ2n) is 26.4. The van der Waals surface area contributed by atoms with E-state index in [0.717, 1.165) is 43.6 Å². The number of benzene rings is 4. The van der Waals surface area contributed by atoms with Crippen LogP contribution in [0.3, 0.4) is 0 Å². The number of nitrogens with one attached hydrogen (secondary N) is 16. The number of fused-ring (bicyclic) bond motifs is 4. The minimum atomic E-state index is -1.48. The molecular formula is C73H99N21O10. The van der Waals surface area contributed by atoms with Crippen LogP contribution in [0, 0.1) is 16.7 Å². The predicted molar refractivity (Wildman–Crippen MR) is 398 cm³/mol. The number of carboxylic acid groups (broad SMARTS) is 1. The molecule has 0 aliphatic heterocycles. The molecule has 104 heavy (non-hydrogen) atoms. The largest absolute Gasteiger partial charge is 0.480 e. The quantitative estimate of drug-likeness (QED) is 0.0147. The number of rotatable bonds is 42. The number of nitrogens with two attached hydrogens (primary N) is 5. The number of carbonyl (C=O) groups is 9. The number of aromatic nitrogens is 4. The number of unbranched alkanes of at least 4 members (excludes halogenated alkanes) is 2. The highest BCUT2D eigenvalue weighted by Crippen LogP contribution is 2.25. The SMILES string of the molecule is CC(C)[C@H](NC(=O)[C@H](Cc1c[nH]c2ccccc12)NC(=O)[C@H](Cc1c[nH]c2ccccc12)NC(=O)[C@H](Cc1c[nH]c2ccccc12)NC(=O)[C@H](CCCNC(=N)N)NC(=O)[C@@H](N)CCCCN)C(=O)N[C@@H](Cc1c[nH]c2ccccc12)C(=O)N[C@@H](CCCCN)C(=O)N[C@@H](CCCNC(=N)N)C(=O)O. The highest BCUT2D eigenvalue weighted by Gasteiger charge is 2.37.